The predicted molar refractivity (Wildman–Crippen MR) is 151 cm³/mol. The van der Waals surface area contributed by atoms with Gasteiger partial charge in [-0.1, -0.05) is 12.1 Å². The zero-order valence-corrected chi connectivity index (χ0v) is 26.5. The van der Waals surface area contributed by atoms with Gasteiger partial charge in [-0.3, -0.25) is 28.8 Å². The van der Waals surface area contributed by atoms with Gasteiger partial charge in [0.2, 0.25) is 0 Å². The van der Waals surface area contributed by atoms with E-state index in [-0.39, 0.29) is 11.3 Å². The van der Waals surface area contributed by atoms with Crippen LogP contribution < -0.4 is 0 Å². The van der Waals surface area contributed by atoms with Crippen molar-refractivity contribution in [1.82, 2.24) is 0 Å². The smallest absolute Gasteiger partial charge is 0.308 e. The predicted octanol–water partition coefficient (Wildman–Crippen LogP) is 0.156. The van der Waals surface area contributed by atoms with Gasteiger partial charge in [-0.15, -0.1) is 0 Å². The molecule has 2 N–H and O–H groups in total. The minimum atomic E-state index is -1.78. The van der Waals surface area contributed by atoms with E-state index in [0.29, 0.717) is 0 Å². The van der Waals surface area contributed by atoms with E-state index in [9.17, 15) is 39.0 Å². The minimum Gasteiger partial charge on any atom is -0.508 e. The third kappa shape index (κ3) is 10.1. The Kier molecular flexibility index (Phi) is 13.0. The number of ether oxygens (including phenoxy) is 9. The third-order valence-corrected chi connectivity index (χ3v) is 6.99. The molecular weight excluding hydrogens is 632 g/mol. The summed E-state index contributed by atoms with van der Waals surface area (Å²) in [6, 6.07) is 5.66. The van der Waals surface area contributed by atoms with Gasteiger partial charge in [-0.25, -0.2) is 0 Å². The van der Waals surface area contributed by atoms with Crippen molar-refractivity contribution >= 4 is 35.8 Å². The average molecular weight is 671 g/mol. The summed E-state index contributed by atoms with van der Waals surface area (Å²) in [5, 5.41) is 21.8. The highest BCUT2D eigenvalue weighted by atomic mass is 16.7. The van der Waals surface area contributed by atoms with Crippen LogP contribution in [0.5, 0.6) is 5.75 Å². The van der Waals surface area contributed by atoms with Crippen molar-refractivity contribution in [3.63, 3.8) is 0 Å². The van der Waals surface area contributed by atoms with Crippen LogP contribution in [-0.2, 0) is 71.4 Å². The minimum absolute atomic E-state index is 0.179. The third-order valence-electron chi connectivity index (χ3n) is 6.99. The zero-order chi connectivity index (χ0) is 35.0. The van der Waals surface area contributed by atoms with E-state index in [1.54, 1.807) is 0 Å². The summed E-state index contributed by atoms with van der Waals surface area (Å²) in [4.78, 5) is 72.9. The van der Waals surface area contributed by atoms with Gasteiger partial charge in [0.1, 0.15) is 42.9 Å². The summed E-state index contributed by atoms with van der Waals surface area (Å²) in [5.74, 6) is -5.19. The molecule has 0 amide bonds. The summed E-state index contributed by atoms with van der Waals surface area (Å²) in [5.41, 5.74) is 0.240. The standard InChI is InChI=1S/C30H38O17/c1-13(31)40-12-21-26(42-15(3)33)28(43-16(4)34)29(44-17(5)35)30(46-21)47-27-23(38)24(18-8-7-9-19(36)10-18)45-20(11-22(37)39-6)25(27)41-14(2)32/h7-10,20-21,23-30,36,38H,11-12H2,1-6H3/t20-,21-,23-,24-,25-,26-,27-,28-,29-,30-/m1/s1. The zero-order valence-electron chi connectivity index (χ0n) is 26.5. The van der Waals surface area contributed by atoms with Crippen LogP contribution in [0, 0.1) is 0 Å². The highest BCUT2D eigenvalue weighted by molar-refractivity contribution is 5.71. The van der Waals surface area contributed by atoms with Gasteiger partial charge in [0.05, 0.1) is 13.5 Å². The Morgan fingerprint density at radius 1 is 0.723 bits per heavy atom. The van der Waals surface area contributed by atoms with Gasteiger partial charge in [0.25, 0.3) is 0 Å². The molecule has 0 unspecified atom stereocenters. The number of carbonyl (C=O) groups excluding carboxylic acids is 6. The lowest BCUT2D eigenvalue weighted by Crippen LogP contribution is -2.65. The van der Waals surface area contributed by atoms with Crippen LogP contribution in [0.1, 0.15) is 52.7 Å². The summed E-state index contributed by atoms with van der Waals surface area (Å²) < 4.78 is 49.8. The van der Waals surface area contributed by atoms with E-state index in [1.807, 2.05) is 0 Å². The molecule has 0 radical (unpaired) electrons. The number of esters is 6. The number of phenols is 1. The highest BCUT2D eigenvalue weighted by Gasteiger charge is 2.56. The molecule has 2 fully saturated rings. The second-order valence-corrected chi connectivity index (χ2v) is 10.7. The molecule has 10 atom stereocenters. The first-order chi connectivity index (χ1) is 22.1. The lowest BCUT2D eigenvalue weighted by Gasteiger charge is -2.48. The molecule has 1 aromatic rings. The van der Waals surface area contributed by atoms with Crippen LogP contribution >= 0.6 is 0 Å². The van der Waals surface area contributed by atoms with Gasteiger partial charge >= 0.3 is 35.8 Å². The molecule has 0 saturated carbocycles. The maximum absolute atomic E-state index is 12.4. The molecule has 2 saturated heterocycles. The number of methoxy groups -OCH3 is 1. The van der Waals surface area contributed by atoms with Gasteiger partial charge < -0.3 is 52.8 Å². The Hall–Kier alpha value is -4.32. The number of hydrogen-bond acceptors (Lipinski definition) is 17. The first-order valence-corrected chi connectivity index (χ1v) is 14.4. The van der Waals surface area contributed by atoms with E-state index in [2.05, 4.69) is 0 Å². The Morgan fingerprint density at radius 3 is 1.81 bits per heavy atom. The molecule has 0 aromatic heterocycles. The average Bonchev–Trinajstić information content (AvgIpc) is 2.97. The topological polar surface area (TPSA) is 226 Å². The molecule has 1 aromatic carbocycles. The summed E-state index contributed by atoms with van der Waals surface area (Å²) in [6.45, 7) is 4.74. The summed E-state index contributed by atoms with van der Waals surface area (Å²) >= 11 is 0. The largest absolute Gasteiger partial charge is 0.508 e. The number of aliphatic hydroxyl groups excluding tert-OH is 1. The Bertz CT molecular complexity index is 1310. The van der Waals surface area contributed by atoms with Crippen molar-refractivity contribution < 1.29 is 81.6 Å². The maximum atomic E-state index is 12.4. The highest BCUT2D eigenvalue weighted by Crippen LogP contribution is 2.40. The molecular formula is C30H38O17. The number of carbonyl (C=O) groups is 6. The first-order valence-electron chi connectivity index (χ1n) is 14.4. The van der Waals surface area contributed by atoms with Crippen molar-refractivity contribution in [2.75, 3.05) is 13.7 Å². The van der Waals surface area contributed by atoms with Crippen LogP contribution in [0.3, 0.4) is 0 Å². The van der Waals surface area contributed by atoms with E-state index in [0.717, 1.165) is 41.7 Å². The number of rotatable bonds is 11. The van der Waals surface area contributed by atoms with Gasteiger partial charge in [-0.2, -0.15) is 0 Å². The first kappa shape index (κ1) is 37.1. The monoisotopic (exact) mass is 670 g/mol. The van der Waals surface area contributed by atoms with E-state index in [1.165, 1.54) is 24.3 Å². The maximum Gasteiger partial charge on any atom is 0.308 e. The van der Waals surface area contributed by atoms with E-state index < -0.39 is 110 Å². The lowest BCUT2D eigenvalue weighted by atomic mass is 9.89. The molecule has 2 heterocycles. The Balaban J connectivity index is 2.15. The molecule has 260 valence electrons. The fourth-order valence-corrected chi connectivity index (χ4v) is 5.26. The van der Waals surface area contributed by atoms with Crippen LogP contribution in [-0.4, -0.2) is 115 Å². The van der Waals surface area contributed by atoms with Crippen LogP contribution in [0.15, 0.2) is 24.3 Å². The molecule has 17 nitrogen and oxygen atoms in total. The van der Waals surface area contributed by atoms with Crippen molar-refractivity contribution in [2.24, 2.45) is 0 Å². The van der Waals surface area contributed by atoms with Crippen molar-refractivity contribution in [3.05, 3.63) is 29.8 Å². The molecule has 17 heteroatoms. The van der Waals surface area contributed by atoms with Crippen molar-refractivity contribution in [1.29, 1.82) is 0 Å². The fourth-order valence-electron chi connectivity index (χ4n) is 5.26. The number of aromatic hydroxyl groups is 1. The van der Waals surface area contributed by atoms with Crippen LogP contribution in [0.4, 0.5) is 0 Å². The van der Waals surface area contributed by atoms with Crippen molar-refractivity contribution in [3.8, 4) is 5.75 Å². The van der Waals surface area contributed by atoms with Crippen molar-refractivity contribution in [2.45, 2.75) is 102 Å². The van der Waals surface area contributed by atoms with E-state index >= 15 is 0 Å². The molecule has 0 bridgehead atoms. The Labute approximate surface area is 269 Å². The second kappa shape index (κ2) is 16.5. The molecule has 2 aliphatic rings. The van der Waals surface area contributed by atoms with Gasteiger partial charge in [-0.05, 0) is 17.7 Å². The number of hydrogen-bond donors (Lipinski definition) is 2. The molecule has 3 rings (SSSR count). The van der Waals surface area contributed by atoms with Crippen LogP contribution in [0.2, 0.25) is 0 Å². The quantitative estimate of drug-likeness (QED) is 0.236. The lowest BCUT2D eigenvalue weighted by molar-refractivity contribution is -0.344. The van der Waals surface area contributed by atoms with Gasteiger partial charge in [0.15, 0.2) is 30.7 Å². The van der Waals surface area contributed by atoms with E-state index in [4.69, 9.17) is 42.6 Å². The number of benzene rings is 1. The number of phenolic OH excluding ortho intramolecular Hbond substituents is 1. The second-order valence-electron chi connectivity index (χ2n) is 10.7. The molecule has 0 aliphatic carbocycles. The normalized spacial score (nSPS) is 30.3. The summed E-state index contributed by atoms with van der Waals surface area (Å²) in [7, 11) is 1.12. The fraction of sp³-hybridized carbons (Fsp3) is 0.600. The molecule has 47 heavy (non-hydrogen) atoms. The summed E-state index contributed by atoms with van der Waals surface area (Å²) in [6.07, 6.45) is -15.9. The molecule has 0 spiro atoms. The SMILES string of the molecule is COC(=O)C[C@H]1O[C@H](c2cccc(O)c2)[C@@H](O)[C@@H](O[C@H]2O[C@H](COC(C)=O)[C@@H](OC(C)=O)[C@@H](OC(C)=O)[C@H]2OC(C)=O)[C@@H]1OC(C)=O. The van der Waals surface area contributed by atoms with Crippen LogP contribution in [0.25, 0.3) is 0 Å². The Morgan fingerprint density at radius 2 is 1.28 bits per heavy atom. The number of aliphatic hydroxyl groups is 1. The molecule has 2 aliphatic heterocycles. The van der Waals surface area contributed by atoms with Gasteiger partial charge in [0, 0.05) is 34.6 Å².